The molecule has 1 heterocycles. The molecule has 1 aliphatic heterocycles. The lowest BCUT2D eigenvalue weighted by molar-refractivity contribution is 0.716. The summed E-state index contributed by atoms with van der Waals surface area (Å²) < 4.78 is 0. The SMILES string of the molecule is CN1c2ccc(C#N)cc2N(C)C1CCl. The minimum absolute atomic E-state index is 0.176. The highest BCUT2D eigenvalue weighted by Gasteiger charge is 2.30. The van der Waals surface area contributed by atoms with E-state index >= 15 is 0 Å². The molecule has 2 rings (SSSR count). The van der Waals surface area contributed by atoms with Gasteiger partial charge in [-0.15, -0.1) is 11.6 Å². The first-order valence-corrected chi connectivity index (χ1v) is 5.28. The van der Waals surface area contributed by atoms with Crippen molar-refractivity contribution in [1.82, 2.24) is 0 Å². The predicted molar refractivity (Wildman–Crippen MR) is 62.5 cm³/mol. The van der Waals surface area contributed by atoms with Crippen molar-refractivity contribution in [2.75, 3.05) is 29.8 Å². The number of hydrogen-bond acceptors (Lipinski definition) is 3. The Morgan fingerprint density at radius 2 is 2.00 bits per heavy atom. The first-order chi connectivity index (χ1) is 7.19. The van der Waals surface area contributed by atoms with Crippen LogP contribution < -0.4 is 9.80 Å². The van der Waals surface area contributed by atoms with Crippen molar-refractivity contribution in [3.63, 3.8) is 0 Å². The van der Waals surface area contributed by atoms with Gasteiger partial charge in [0.25, 0.3) is 0 Å². The van der Waals surface area contributed by atoms with E-state index in [1.165, 1.54) is 0 Å². The Balaban J connectivity index is 2.49. The zero-order valence-corrected chi connectivity index (χ0v) is 9.49. The first-order valence-electron chi connectivity index (χ1n) is 4.75. The lowest BCUT2D eigenvalue weighted by Gasteiger charge is -2.25. The zero-order chi connectivity index (χ0) is 11.0. The van der Waals surface area contributed by atoms with E-state index in [2.05, 4.69) is 15.9 Å². The fraction of sp³-hybridized carbons (Fsp3) is 0.364. The predicted octanol–water partition coefficient (Wildman–Crippen LogP) is 2.01. The molecular weight excluding hydrogens is 210 g/mol. The summed E-state index contributed by atoms with van der Waals surface area (Å²) in [6.45, 7) is 0. The molecule has 1 aromatic carbocycles. The summed E-state index contributed by atoms with van der Waals surface area (Å²) in [6.07, 6.45) is 0.176. The lowest BCUT2D eigenvalue weighted by atomic mass is 10.2. The van der Waals surface area contributed by atoms with Crippen molar-refractivity contribution in [1.29, 1.82) is 5.26 Å². The van der Waals surface area contributed by atoms with Crippen LogP contribution in [0, 0.1) is 11.3 Å². The van der Waals surface area contributed by atoms with E-state index in [0.717, 1.165) is 11.4 Å². The molecule has 3 nitrogen and oxygen atoms in total. The van der Waals surface area contributed by atoms with Gasteiger partial charge in [-0.2, -0.15) is 5.26 Å². The minimum atomic E-state index is 0.176. The van der Waals surface area contributed by atoms with Crippen LogP contribution in [-0.2, 0) is 0 Å². The number of alkyl halides is 1. The highest BCUT2D eigenvalue weighted by Crippen LogP contribution is 2.38. The molecule has 0 aliphatic carbocycles. The second kappa shape index (κ2) is 3.63. The maximum absolute atomic E-state index is 8.84. The number of halogens is 1. The smallest absolute Gasteiger partial charge is 0.115 e. The van der Waals surface area contributed by atoms with E-state index in [0.29, 0.717) is 11.4 Å². The summed E-state index contributed by atoms with van der Waals surface area (Å²) in [6, 6.07) is 7.85. The van der Waals surface area contributed by atoms with Gasteiger partial charge in [0.2, 0.25) is 0 Å². The molecule has 4 heteroatoms. The standard InChI is InChI=1S/C11H12ClN3/c1-14-9-4-3-8(7-13)5-10(9)15(2)11(14)6-12/h3-5,11H,6H2,1-2H3. The molecule has 1 aliphatic rings. The average Bonchev–Trinajstić information content (AvgIpc) is 2.51. The maximum atomic E-state index is 8.84. The highest BCUT2D eigenvalue weighted by molar-refractivity contribution is 6.18. The van der Waals surface area contributed by atoms with Gasteiger partial charge >= 0.3 is 0 Å². The van der Waals surface area contributed by atoms with E-state index in [9.17, 15) is 0 Å². The van der Waals surface area contributed by atoms with Gasteiger partial charge in [0.1, 0.15) is 6.17 Å². The quantitative estimate of drug-likeness (QED) is 0.680. The normalized spacial score (nSPS) is 18.9. The third kappa shape index (κ3) is 1.42. The van der Waals surface area contributed by atoms with Crippen LogP contribution in [0.3, 0.4) is 0 Å². The van der Waals surface area contributed by atoms with Crippen LogP contribution in [0.15, 0.2) is 18.2 Å². The van der Waals surface area contributed by atoms with Gasteiger partial charge in [0.15, 0.2) is 0 Å². The Morgan fingerprint density at radius 3 is 2.60 bits per heavy atom. The molecule has 78 valence electrons. The molecule has 0 N–H and O–H groups in total. The topological polar surface area (TPSA) is 30.3 Å². The van der Waals surface area contributed by atoms with E-state index < -0.39 is 0 Å². The Bertz CT molecular complexity index is 424. The summed E-state index contributed by atoms with van der Waals surface area (Å²) in [4.78, 5) is 4.23. The Labute approximate surface area is 94.5 Å². The average molecular weight is 222 g/mol. The third-order valence-corrected chi connectivity index (χ3v) is 3.17. The number of hydrogen-bond donors (Lipinski definition) is 0. The number of nitriles is 1. The number of anilines is 2. The number of fused-ring (bicyclic) bond motifs is 1. The van der Waals surface area contributed by atoms with Crippen LogP contribution in [0.25, 0.3) is 0 Å². The van der Waals surface area contributed by atoms with Gasteiger partial charge in [-0.25, -0.2) is 0 Å². The second-order valence-corrected chi connectivity index (χ2v) is 3.98. The van der Waals surface area contributed by atoms with E-state index in [1.807, 2.05) is 32.3 Å². The molecule has 1 atom stereocenters. The van der Waals surface area contributed by atoms with Crippen molar-refractivity contribution in [2.24, 2.45) is 0 Å². The van der Waals surface area contributed by atoms with Crippen molar-refractivity contribution in [3.05, 3.63) is 23.8 Å². The monoisotopic (exact) mass is 221 g/mol. The van der Waals surface area contributed by atoms with Crippen LogP contribution >= 0.6 is 11.6 Å². The van der Waals surface area contributed by atoms with E-state index in [1.54, 1.807) is 0 Å². The molecule has 0 bridgehead atoms. The van der Waals surface area contributed by atoms with Crippen molar-refractivity contribution < 1.29 is 0 Å². The maximum Gasteiger partial charge on any atom is 0.115 e. The summed E-state index contributed by atoms with van der Waals surface area (Å²) >= 11 is 5.91. The van der Waals surface area contributed by atoms with Gasteiger partial charge in [-0.1, -0.05) is 0 Å². The summed E-state index contributed by atoms with van der Waals surface area (Å²) in [5.41, 5.74) is 2.88. The molecule has 0 fully saturated rings. The molecule has 0 amide bonds. The zero-order valence-electron chi connectivity index (χ0n) is 8.74. The Morgan fingerprint density at radius 1 is 1.33 bits per heavy atom. The van der Waals surface area contributed by atoms with Crippen LogP contribution in [0.5, 0.6) is 0 Å². The van der Waals surface area contributed by atoms with Crippen molar-refractivity contribution in [2.45, 2.75) is 6.17 Å². The molecule has 0 saturated heterocycles. The Hall–Kier alpha value is -1.40. The van der Waals surface area contributed by atoms with E-state index in [4.69, 9.17) is 16.9 Å². The van der Waals surface area contributed by atoms with Crippen LogP contribution in [0.1, 0.15) is 5.56 Å². The molecule has 0 spiro atoms. The number of rotatable bonds is 1. The van der Waals surface area contributed by atoms with Gasteiger partial charge < -0.3 is 9.80 Å². The molecule has 1 unspecified atom stereocenters. The van der Waals surface area contributed by atoms with Crippen molar-refractivity contribution in [3.8, 4) is 6.07 Å². The fourth-order valence-corrected chi connectivity index (χ4v) is 2.38. The van der Waals surface area contributed by atoms with Crippen LogP contribution in [0.4, 0.5) is 11.4 Å². The van der Waals surface area contributed by atoms with Crippen molar-refractivity contribution >= 4 is 23.0 Å². The summed E-state index contributed by atoms with van der Waals surface area (Å²) in [7, 11) is 4.01. The number of nitrogens with zero attached hydrogens (tertiary/aromatic N) is 3. The molecule has 0 aromatic heterocycles. The molecule has 1 aromatic rings. The molecule has 0 radical (unpaired) electrons. The van der Waals surface area contributed by atoms with Gasteiger partial charge in [0.05, 0.1) is 28.9 Å². The van der Waals surface area contributed by atoms with Gasteiger partial charge in [-0.3, -0.25) is 0 Å². The summed E-state index contributed by atoms with van der Waals surface area (Å²) in [5.74, 6) is 0.545. The third-order valence-electron chi connectivity index (χ3n) is 2.90. The lowest BCUT2D eigenvalue weighted by Crippen LogP contribution is -2.40. The van der Waals surface area contributed by atoms with Crippen LogP contribution in [0.2, 0.25) is 0 Å². The first kappa shape index (κ1) is 10.1. The molecule has 15 heavy (non-hydrogen) atoms. The molecular formula is C11H12ClN3. The van der Waals surface area contributed by atoms with Gasteiger partial charge in [0, 0.05) is 14.1 Å². The van der Waals surface area contributed by atoms with Gasteiger partial charge in [-0.05, 0) is 18.2 Å². The largest absolute Gasteiger partial charge is 0.352 e. The number of benzene rings is 1. The van der Waals surface area contributed by atoms with E-state index in [-0.39, 0.29) is 6.17 Å². The summed E-state index contributed by atoms with van der Waals surface area (Å²) in [5, 5.41) is 8.84. The molecule has 0 saturated carbocycles. The second-order valence-electron chi connectivity index (χ2n) is 3.67. The Kier molecular flexibility index (Phi) is 2.45. The fourth-order valence-electron chi connectivity index (χ4n) is 1.96. The highest BCUT2D eigenvalue weighted by atomic mass is 35.5. The van der Waals surface area contributed by atoms with Crippen LogP contribution in [-0.4, -0.2) is 26.1 Å². The minimum Gasteiger partial charge on any atom is -0.352 e.